The van der Waals surface area contributed by atoms with Crippen LogP contribution in [0, 0.1) is 12.7 Å². The summed E-state index contributed by atoms with van der Waals surface area (Å²) in [5.41, 5.74) is 9.13. The van der Waals surface area contributed by atoms with Crippen molar-refractivity contribution in [2.24, 2.45) is 0 Å². The first-order valence-electron chi connectivity index (χ1n) is 9.52. The van der Waals surface area contributed by atoms with Gasteiger partial charge in [0.25, 0.3) is 0 Å². The van der Waals surface area contributed by atoms with Crippen molar-refractivity contribution in [3.8, 4) is 22.6 Å². The van der Waals surface area contributed by atoms with Gasteiger partial charge in [0.15, 0.2) is 0 Å². The summed E-state index contributed by atoms with van der Waals surface area (Å²) in [5, 5.41) is 4.02. The molecule has 6 nitrogen and oxygen atoms in total. The molecule has 3 N–H and O–H groups in total. The third kappa shape index (κ3) is 3.85. The van der Waals surface area contributed by atoms with Gasteiger partial charge in [0, 0.05) is 23.2 Å². The number of ether oxygens (including phenoxy) is 2. The number of halogens is 3. The second-order valence-corrected chi connectivity index (χ2v) is 7.79. The van der Waals surface area contributed by atoms with Gasteiger partial charge in [0.1, 0.15) is 22.8 Å². The van der Waals surface area contributed by atoms with E-state index in [1.807, 2.05) is 19.1 Å². The summed E-state index contributed by atoms with van der Waals surface area (Å²) in [4.78, 5) is 8.64. The Morgan fingerprint density at radius 1 is 1.03 bits per heavy atom. The number of para-hydroxylation sites is 1. The molecule has 0 fully saturated rings. The lowest BCUT2D eigenvalue weighted by Crippen LogP contribution is -2.03. The van der Waals surface area contributed by atoms with Crippen LogP contribution in [0.15, 0.2) is 42.6 Å². The molecule has 0 aliphatic heterocycles. The molecular weight excluding hydrogens is 454 g/mol. The van der Waals surface area contributed by atoms with Crippen molar-refractivity contribution < 1.29 is 13.9 Å². The number of nitrogens with two attached hydrogens (primary N) is 1. The van der Waals surface area contributed by atoms with E-state index in [4.69, 9.17) is 38.4 Å². The van der Waals surface area contributed by atoms with Gasteiger partial charge in [0.05, 0.1) is 35.6 Å². The van der Waals surface area contributed by atoms with Crippen LogP contribution in [0.2, 0.25) is 10.0 Å². The van der Waals surface area contributed by atoms with Crippen LogP contribution in [0.1, 0.15) is 5.56 Å². The highest BCUT2D eigenvalue weighted by Crippen LogP contribution is 2.46. The SMILES string of the molecule is COc1cc(OC)c(Cl)c(-c2cc(F)c3nc(Nc4c(C)cccc4N)ncc3c2)c1Cl. The number of nitrogen functional groups attached to an aromatic ring is 1. The van der Waals surface area contributed by atoms with Crippen LogP contribution in [-0.4, -0.2) is 24.2 Å². The van der Waals surface area contributed by atoms with Gasteiger partial charge in [-0.1, -0.05) is 35.3 Å². The molecule has 0 aliphatic carbocycles. The average Bonchev–Trinajstić information content (AvgIpc) is 2.77. The van der Waals surface area contributed by atoms with Gasteiger partial charge in [-0.25, -0.2) is 14.4 Å². The van der Waals surface area contributed by atoms with Crippen LogP contribution in [0.4, 0.5) is 21.7 Å². The Labute approximate surface area is 194 Å². The minimum Gasteiger partial charge on any atom is -0.495 e. The van der Waals surface area contributed by atoms with Crippen molar-refractivity contribution in [1.82, 2.24) is 9.97 Å². The number of methoxy groups -OCH3 is 2. The molecule has 0 saturated carbocycles. The maximum atomic E-state index is 15.1. The van der Waals surface area contributed by atoms with Crippen molar-refractivity contribution in [2.75, 3.05) is 25.3 Å². The predicted molar refractivity (Wildman–Crippen MR) is 127 cm³/mol. The number of aryl methyl sites for hydroxylation is 1. The molecule has 3 aromatic carbocycles. The zero-order chi connectivity index (χ0) is 23.0. The van der Waals surface area contributed by atoms with Crippen molar-refractivity contribution in [3.05, 3.63) is 64.0 Å². The lowest BCUT2D eigenvalue weighted by Gasteiger charge is -2.15. The first-order valence-corrected chi connectivity index (χ1v) is 10.3. The summed E-state index contributed by atoms with van der Waals surface area (Å²) in [6.07, 6.45) is 1.52. The monoisotopic (exact) mass is 472 g/mol. The van der Waals surface area contributed by atoms with Crippen molar-refractivity contribution in [3.63, 3.8) is 0 Å². The zero-order valence-electron chi connectivity index (χ0n) is 17.5. The first-order chi connectivity index (χ1) is 15.3. The van der Waals surface area contributed by atoms with Gasteiger partial charge in [-0.2, -0.15) is 0 Å². The van der Waals surface area contributed by atoms with Crippen LogP contribution in [0.25, 0.3) is 22.0 Å². The van der Waals surface area contributed by atoms with Crippen molar-refractivity contribution in [2.45, 2.75) is 6.92 Å². The summed E-state index contributed by atoms with van der Waals surface area (Å²) in [7, 11) is 2.95. The molecular formula is C23H19Cl2FN4O2. The molecule has 32 heavy (non-hydrogen) atoms. The Hall–Kier alpha value is -3.29. The van der Waals surface area contributed by atoms with Crippen LogP contribution >= 0.6 is 23.2 Å². The van der Waals surface area contributed by atoms with Crippen LogP contribution in [0.5, 0.6) is 11.5 Å². The summed E-state index contributed by atoms with van der Waals surface area (Å²) in [5.74, 6) is 0.379. The molecule has 0 atom stereocenters. The maximum absolute atomic E-state index is 15.1. The summed E-state index contributed by atoms with van der Waals surface area (Å²) in [6, 6.07) is 10.1. The number of aromatic nitrogens is 2. The lowest BCUT2D eigenvalue weighted by atomic mass is 10.0. The Kier molecular flexibility index (Phi) is 5.95. The molecule has 0 bridgehead atoms. The summed E-state index contributed by atoms with van der Waals surface area (Å²) < 4.78 is 25.8. The second-order valence-electron chi connectivity index (χ2n) is 7.04. The van der Waals surface area contributed by atoms with E-state index in [2.05, 4.69) is 15.3 Å². The number of hydrogen-bond acceptors (Lipinski definition) is 6. The number of rotatable bonds is 5. The van der Waals surface area contributed by atoms with Gasteiger partial charge in [-0.05, 0) is 36.2 Å². The fourth-order valence-corrected chi connectivity index (χ4v) is 4.14. The highest BCUT2D eigenvalue weighted by Gasteiger charge is 2.20. The summed E-state index contributed by atoms with van der Waals surface area (Å²) >= 11 is 13.0. The lowest BCUT2D eigenvalue weighted by molar-refractivity contribution is 0.395. The van der Waals surface area contributed by atoms with Crippen LogP contribution in [-0.2, 0) is 0 Å². The molecule has 1 aromatic heterocycles. The minimum atomic E-state index is -0.561. The predicted octanol–water partition coefficient (Wildman–Crippen LogP) is 6.39. The molecule has 0 amide bonds. The molecule has 1 heterocycles. The standard InChI is InChI=1S/C23H19Cl2FN4O2/c1-11-5-4-6-15(27)21(11)29-23-28-10-13-7-12(8-14(26)22(13)30-23)18-19(24)16(31-2)9-17(32-3)20(18)25/h4-10H,27H2,1-3H3,(H,28,29,30). The van der Waals surface area contributed by atoms with E-state index >= 15 is 4.39 Å². The number of anilines is 3. The van der Waals surface area contributed by atoms with Gasteiger partial charge in [0.2, 0.25) is 5.95 Å². The maximum Gasteiger partial charge on any atom is 0.227 e. The molecule has 0 aliphatic rings. The van der Waals surface area contributed by atoms with Crippen molar-refractivity contribution >= 4 is 51.4 Å². The van der Waals surface area contributed by atoms with E-state index in [0.717, 1.165) is 5.56 Å². The molecule has 164 valence electrons. The van der Waals surface area contributed by atoms with Gasteiger partial charge < -0.3 is 20.5 Å². The number of nitrogens with one attached hydrogen (secondary N) is 1. The molecule has 0 unspecified atom stereocenters. The number of nitrogens with zero attached hydrogens (tertiary/aromatic N) is 2. The largest absolute Gasteiger partial charge is 0.495 e. The number of hydrogen-bond donors (Lipinski definition) is 2. The van der Waals surface area contributed by atoms with E-state index in [0.29, 0.717) is 39.4 Å². The molecule has 0 radical (unpaired) electrons. The van der Waals surface area contributed by atoms with Crippen LogP contribution in [0.3, 0.4) is 0 Å². The fourth-order valence-electron chi connectivity index (χ4n) is 3.42. The highest BCUT2D eigenvalue weighted by atomic mass is 35.5. The molecule has 0 spiro atoms. The molecule has 0 saturated heterocycles. The smallest absolute Gasteiger partial charge is 0.227 e. The summed E-state index contributed by atoms with van der Waals surface area (Å²) in [6.45, 7) is 1.91. The first kappa shape index (κ1) is 21.9. The quantitative estimate of drug-likeness (QED) is 0.327. The van der Waals surface area contributed by atoms with Gasteiger partial charge in [-0.3, -0.25) is 0 Å². The van der Waals surface area contributed by atoms with Crippen LogP contribution < -0.4 is 20.5 Å². The third-order valence-electron chi connectivity index (χ3n) is 5.04. The second kappa shape index (κ2) is 8.68. The molecule has 9 heteroatoms. The van der Waals surface area contributed by atoms with E-state index in [1.54, 1.807) is 18.2 Å². The van der Waals surface area contributed by atoms with E-state index in [1.165, 1.54) is 26.5 Å². The van der Waals surface area contributed by atoms with Gasteiger partial charge in [-0.15, -0.1) is 0 Å². The Morgan fingerprint density at radius 3 is 2.34 bits per heavy atom. The molecule has 4 aromatic rings. The Balaban J connectivity index is 1.82. The number of benzene rings is 3. The third-order valence-corrected chi connectivity index (χ3v) is 5.79. The number of fused-ring (bicyclic) bond motifs is 1. The van der Waals surface area contributed by atoms with E-state index in [9.17, 15) is 0 Å². The molecule has 4 rings (SSSR count). The van der Waals surface area contributed by atoms with E-state index < -0.39 is 5.82 Å². The zero-order valence-corrected chi connectivity index (χ0v) is 19.0. The normalized spacial score (nSPS) is 10.9. The highest BCUT2D eigenvalue weighted by molar-refractivity contribution is 6.41. The average molecular weight is 473 g/mol. The Morgan fingerprint density at radius 2 is 1.72 bits per heavy atom. The van der Waals surface area contributed by atoms with Crippen molar-refractivity contribution in [1.29, 1.82) is 0 Å². The topological polar surface area (TPSA) is 82.3 Å². The van der Waals surface area contributed by atoms with E-state index in [-0.39, 0.29) is 21.5 Å². The fraction of sp³-hybridized carbons (Fsp3) is 0.130. The minimum absolute atomic E-state index is 0.139. The van der Waals surface area contributed by atoms with Gasteiger partial charge >= 0.3 is 0 Å². The Bertz CT molecular complexity index is 1300.